The van der Waals surface area contributed by atoms with Crippen LogP contribution in [0.1, 0.15) is 82.6 Å². The molecule has 0 saturated heterocycles. The molecule has 1 saturated carbocycles. The molecule has 0 N–H and O–H groups in total. The fourth-order valence-corrected chi connectivity index (χ4v) is 4.83. The summed E-state index contributed by atoms with van der Waals surface area (Å²) in [5.41, 5.74) is 2.75. The summed E-state index contributed by atoms with van der Waals surface area (Å²) < 4.78 is 25.8. The van der Waals surface area contributed by atoms with E-state index < -0.39 is 0 Å². The number of hydrogen-bond acceptors (Lipinski definition) is 2. The van der Waals surface area contributed by atoms with Crippen molar-refractivity contribution in [3.63, 3.8) is 0 Å². The smallest absolute Gasteiger partial charge is 0.131 e. The molecular formula is C28H39FO2. The number of ether oxygens (including phenoxy) is 2. The first kappa shape index (κ1) is 23.8. The van der Waals surface area contributed by atoms with Gasteiger partial charge in [-0.15, -0.1) is 0 Å². The van der Waals surface area contributed by atoms with Crippen molar-refractivity contribution < 1.29 is 13.9 Å². The fraction of sp³-hybridized carbons (Fsp3) is 0.571. The van der Waals surface area contributed by atoms with Crippen LogP contribution in [0.25, 0.3) is 11.1 Å². The summed E-state index contributed by atoms with van der Waals surface area (Å²) in [6, 6.07) is 13.7. The molecule has 0 amide bonds. The summed E-state index contributed by atoms with van der Waals surface area (Å²) in [7, 11) is 1.74. The van der Waals surface area contributed by atoms with Crippen LogP contribution >= 0.6 is 0 Å². The van der Waals surface area contributed by atoms with Gasteiger partial charge < -0.3 is 9.47 Å². The van der Waals surface area contributed by atoms with Crippen molar-refractivity contribution in [2.75, 3.05) is 20.3 Å². The van der Waals surface area contributed by atoms with E-state index >= 15 is 0 Å². The highest BCUT2D eigenvalue weighted by Crippen LogP contribution is 2.38. The van der Waals surface area contributed by atoms with Crippen molar-refractivity contribution in [2.45, 2.75) is 77.0 Å². The molecule has 170 valence electrons. The molecule has 2 aromatic carbocycles. The second-order valence-corrected chi connectivity index (χ2v) is 9.03. The lowest BCUT2D eigenvalue weighted by atomic mass is 9.77. The maximum atomic E-state index is 14.9. The van der Waals surface area contributed by atoms with Gasteiger partial charge in [-0.05, 0) is 86.1 Å². The summed E-state index contributed by atoms with van der Waals surface area (Å²) >= 11 is 0. The van der Waals surface area contributed by atoms with Crippen molar-refractivity contribution in [2.24, 2.45) is 5.92 Å². The standard InChI is InChI=1S/C28H39FO2/c1-3-8-22-9-11-23(12-10-22)25-15-18-27(28(29)21-25)24-13-16-26(17-14-24)31-20-7-5-4-6-19-30-2/h13-18,21-23H,3-12,19-20H2,1-2H3. The molecule has 0 spiro atoms. The molecule has 2 nitrogen and oxygen atoms in total. The Labute approximate surface area is 188 Å². The maximum Gasteiger partial charge on any atom is 0.131 e. The second kappa shape index (κ2) is 12.9. The lowest BCUT2D eigenvalue weighted by Gasteiger charge is -2.28. The normalized spacial score (nSPS) is 18.8. The Balaban J connectivity index is 1.50. The van der Waals surface area contributed by atoms with Gasteiger partial charge in [0.2, 0.25) is 0 Å². The second-order valence-electron chi connectivity index (χ2n) is 9.03. The van der Waals surface area contributed by atoms with Crippen LogP contribution in [0.3, 0.4) is 0 Å². The Kier molecular flexibility index (Phi) is 9.86. The molecule has 0 atom stereocenters. The Morgan fingerprint density at radius 1 is 0.871 bits per heavy atom. The van der Waals surface area contributed by atoms with Crippen LogP contribution in [0.4, 0.5) is 4.39 Å². The van der Waals surface area contributed by atoms with Gasteiger partial charge in [-0.2, -0.15) is 0 Å². The topological polar surface area (TPSA) is 18.5 Å². The van der Waals surface area contributed by atoms with Gasteiger partial charge in [-0.1, -0.05) is 50.5 Å². The fourth-order valence-electron chi connectivity index (χ4n) is 4.83. The minimum atomic E-state index is -0.113. The van der Waals surface area contributed by atoms with Gasteiger partial charge in [-0.3, -0.25) is 0 Å². The minimum absolute atomic E-state index is 0.113. The summed E-state index contributed by atoms with van der Waals surface area (Å²) in [5.74, 6) is 2.13. The van der Waals surface area contributed by atoms with E-state index in [0.29, 0.717) is 11.5 Å². The predicted molar refractivity (Wildman–Crippen MR) is 127 cm³/mol. The van der Waals surface area contributed by atoms with Gasteiger partial charge in [0, 0.05) is 19.3 Å². The number of unbranched alkanes of at least 4 members (excludes halogenated alkanes) is 3. The average molecular weight is 427 g/mol. The van der Waals surface area contributed by atoms with Crippen LogP contribution in [-0.2, 0) is 4.74 Å². The van der Waals surface area contributed by atoms with Crippen LogP contribution in [-0.4, -0.2) is 20.3 Å². The molecule has 2 aromatic rings. The van der Waals surface area contributed by atoms with Crippen LogP contribution in [0, 0.1) is 11.7 Å². The lowest BCUT2D eigenvalue weighted by Crippen LogP contribution is -2.13. The van der Waals surface area contributed by atoms with Gasteiger partial charge in [0.15, 0.2) is 0 Å². The van der Waals surface area contributed by atoms with Crippen LogP contribution in [0.2, 0.25) is 0 Å². The summed E-state index contributed by atoms with van der Waals surface area (Å²) in [6.45, 7) is 3.82. The van der Waals surface area contributed by atoms with Crippen molar-refractivity contribution in [1.29, 1.82) is 0 Å². The molecule has 0 aliphatic heterocycles. The Morgan fingerprint density at radius 3 is 2.23 bits per heavy atom. The summed E-state index contributed by atoms with van der Waals surface area (Å²) in [4.78, 5) is 0. The van der Waals surface area contributed by atoms with E-state index in [9.17, 15) is 4.39 Å². The Hall–Kier alpha value is -1.87. The van der Waals surface area contributed by atoms with Gasteiger partial charge in [0.25, 0.3) is 0 Å². The summed E-state index contributed by atoms with van der Waals surface area (Å²) in [6.07, 6.45) is 12.1. The monoisotopic (exact) mass is 426 g/mol. The number of rotatable bonds is 12. The van der Waals surface area contributed by atoms with Gasteiger partial charge in [-0.25, -0.2) is 4.39 Å². The highest BCUT2D eigenvalue weighted by molar-refractivity contribution is 5.65. The molecule has 1 fully saturated rings. The third-order valence-corrected chi connectivity index (χ3v) is 6.69. The third kappa shape index (κ3) is 7.35. The van der Waals surface area contributed by atoms with E-state index in [2.05, 4.69) is 13.0 Å². The van der Waals surface area contributed by atoms with E-state index in [1.54, 1.807) is 13.2 Å². The van der Waals surface area contributed by atoms with Crippen molar-refractivity contribution in [3.8, 4) is 16.9 Å². The molecule has 1 aliphatic carbocycles. The van der Waals surface area contributed by atoms with Crippen LogP contribution < -0.4 is 4.74 Å². The molecule has 0 heterocycles. The zero-order valence-electron chi connectivity index (χ0n) is 19.4. The molecule has 3 rings (SSSR count). The highest BCUT2D eigenvalue weighted by atomic mass is 19.1. The minimum Gasteiger partial charge on any atom is -0.494 e. The maximum absolute atomic E-state index is 14.9. The quantitative estimate of drug-likeness (QED) is 0.319. The van der Waals surface area contributed by atoms with Crippen LogP contribution in [0.5, 0.6) is 5.75 Å². The molecule has 1 aliphatic rings. The third-order valence-electron chi connectivity index (χ3n) is 6.69. The highest BCUT2D eigenvalue weighted by Gasteiger charge is 2.22. The largest absolute Gasteiger partial charge is 0.494 e. The number of methoxy groups -OCH3 is 1. The van der Waals surface area contributed by atoms with Crippen molar-refractivity contribution in [3.05, 3.63) is 53.8 Å². The SMILES string of the molecule is CCCC1CCC(c2ccc(-c3ccc(OCCCCCCOC)cc3)c(F)c2)CC1. The lowest BCUT2D eigenvalue weighted by molar-refractivity contribution is 0.191. The zero-order chi connectivity index (χ0) is 21.9. The van der Waals surface area contributed by atoms with Gasteiger partial charge in [0.1, 0.15) is 11.6 Å². The Bertz CT molecular complexity index is 763. The van der Waals surface area contributed by atoms with Crippen molar-refractivity contribution >= 4 is 0 Å². The molecule has 3 heteroatoms. The first-order valence-electron chi connectivity index (χ1n) is 12.2. The number of hydrogen-bond donors (Lipinski definition) is 0. The number of halogens is 1. The molecule has 0 bridgehead atoms. The molecule has 0 aromatic heterocycles. The average Bonchev–Trinajstić information content (AvgIpc) is 2.80. The van der Waals surface area contributed by atoms with E-state index in [-0.39, 0.29) is 5.82 Å². The number of benzene rings is 2. The molecule has 0 radical (unpaired) electrons. The first-order valence-corrected chi connectivity index (χ1v) is 12.2. The van der Waals surface area contributed by atoms with Crippen LogP contribution in [0.15, 0.2) is 42.5 Å². The zero-order valence-corrected chi connectivity index (χ0v) is 19.4. The van der Waals surface area contributed by atoms with E-state index in [0.717, 1.165) is 49.7 Å². The van der Waals surface area contributed by atoms with E-state index in [1.165, 1.54) is 50.5 Å². The first-order chi connectivity index (χ1) is 15.2. The Morgan fingerprint density at radius 2 is 1.58 bits per heavy atom. The van der Waals surface area contributed by atoms with E-state index in [1.807, 2.05) is 30.3 Å². The predicted octanol–water partition coefficient (Wildman–Crippen LogP) is 8.15. The van der Waals surface area contributed by atoms with Gasteiger partial charge >= 0.3 is 0 Å². The molecular weight excluding hydrogens is 387 g/mol. The molecule has 31 heavy (non-hydrogen) atoms. The summed E-state index contributed by atoms with van der Waals surface area (Å²) in [5, 5.41) is 0. The van der Waals surface area contributed by atoms with Crippen molar-refractivity contribution in [1.82, 2.24) is 0 Å². The van der Waals surface area contributed by atoms with E-state index in [4.69, 9.17) is 9.47 Å². The van der Waals surface area contributed by atoms with Gasteiger partial charge in [0.05, 0.1) is 6.61 Å². The molecule has 0 unspecified atom stereocenters.